The molecule has 4 N–H and O–H groups in total. The third-order valence-electron chi connectivity index (χ3n) is 3.15. The van der Waals surface area contributed by atoms with Crippen LogP contribution >= 0.6 is 0 Å². The van der Waals surface area contributed by atoms with E-state index in [1.165, 1.54) is 0 Å². The normalized spacial score (nSPS) is 23.5. The van der Waals surface area contributed by atoms with Gasteiger partial charge in [-0.2, -0.15) is 0 Å². The number of hydrogen-bond donors (Lipinski definition) is 4. The molecule has 2 saturated heterocycles. The quantitative estimate of drug-likeness (QED) is 0.504. The molecule has 2 aliphatic rings. The van der Waals surface area contributed by atoms with Crippen LogP contribution in [0.2, 0.25) is 0 Å². The SMILES string of the molecule is O=C(O)NC1(C(=O)NC2CCNCC2)COC1. The number of nitrogens with one attached hydrogen (secondary N) is 3. The molecule has 2 aliphatic heterocycles. The van der Waals surface area contributed by atoms with Gasteiger partial charge in [0.25, 0.3) is 5.91 Å². The van der Waals surface area contributed by atoms with E-state index >= 15 is 0 Å². The average molecular weight is 243 g/mol. The van der Waals surface area contributed by atoms with Gasteiger partial charge >= 0.3 is 6.09 Å². The van der Waals surface area contributed by atoms with Gasteiger partial charge in [-0.3, -0.25) is 4.79 Å². The molecular formula is C10H17N3O4. The molecule has 7 nitrogen and oxygen atoms in total. The van der Waals surface area contributed by atoms with E-state index in [1.807, 2.05) is 0 Å². The maximum atomic E-state index is 12.0. The summed E-state index contributed by atoms with van der Waals surface area (Å²) in [4.78, 5) is 22.7. The van der Waals surface area contributed by atoms with Crippen molar-refractivity contribution in [1.29, 1.82) is 0 Å². The number of carbonyl (C=O) groups is 2. The lowest BCUT2D eigenvalue weighted by atomic mass is 9.95. The van der Waals surface area contributed by atoms with Crippen molar-refractivity contribution in [2.75, 3.05) is 26.3 Å². The second kappa shape index (κ2) is 4.89. The van der Waals surface area contributed by atoms with E-state index in [-0.39, 0.29) is 25.2 Å². The van der Waals surface area contributed by atoms with Gasteiger partial charge in [0.1, 0.15) is 0 Å². The number of amides is 2. The van der Waals surface area contributed by atoms with Gasteiger partial charge in [0.15, 0.2) is 5.54 Å². The van der Waals surface area contributed by atoms with E-state index < -0.39 is 11.6 Å². The van der Waals surface area contributed by atoms with Crippen LogP contribution in [0.25, 0.3) is 0 Å². The second-order valence-electron chi connectivity index (χ2n) is 4.50. The fourth-order valence-electron chi connectivity index (χ4n) is 2.06. The van der Waals surface area contributed by atoms with Gasteiger partial charge in [0, 0.05) is 6.04 Å². The molecule has 0 atom stereocenters. The number of carboxylic acid groups (broad SMARTS) is 1. The van der Waals surface area contributed by atoms with E-state index in [4.69, 9.17) is 9.84 Å². The molecule has 96 valence electrons. The second-order valence-corrected chi connectivity index (χ2v) is 4.50. The van der Waals surface area contributed by atoms with Crippen LogP contribution in [-0.2, 0) is 9.53 Å². The van der Waals surface area contributed by atoms with E-state index in [0.29, 0.717) is 0 Å². The first kappa shape index (κ1) is 12.1. The Morgan fingerprint density at radius 2 is 1.94 bits per heavy atom. The highest BCUT2D eigenvalue weighted by Crippen LogP contribution is 2.18. The van der Waals surface area contributed by atoms with Gasteiger partial charge in [-0.25, -0.2) is 4.79 Å². The van der Waals surface area contributed by atoms with Crippen LogP contribution in [0.1, 0.15) is 12.8 Å². The Bertz CT molecular complexity index is 311. The van der Waals surface area contributed by atoms with Crippen LogP contribution in [0.5, 0.6) is 0 Å². The zero-order valence-electron chi connectivity index (χ0n) is 9.49. The number of ether oxygens (including phenoxy) is 1. The van der Waals surface area contributed by atoms with Crippen molar-refractivity contribution >= 4 is 12.0 Å². The molecule has 2 heterocycles. The lowest BCUT2D eigenvalue weighted by molar-refractivity contribution is -0.148. The molecule has 0 aromatic rings. The topological polar surface area (TPSA) is 99.7 Å². The van der Waals surface area contributed by atoms with Gasteiger partial charge in [-0.05, 0) is 25.9 Å². The van der Waals surface area contributed by atoms with Gasteiger partial charge in [0.2, 0.25) is 0 Å². The predicted molar refractivity (Wildman–Crippen MR) is 58.7 cm³/mol. The van der Waals surface area contributed by atoms with E-state index in [1.54, 1.807) is 0 Å². The van der Waals surface area contributed by atoms with Crippen molar-refractivity contribution < 1.29 is 19.4 Å². The fourth-order valence-corrected chi connectivity index (χ4v) is 2.06. The summed E-state index contributed by atoms with van der Waals surface area (Å²) in [6.45, 7) is 1.97. The third-order valence-corrected chi connectivity index (χ3v) is 3.15. The van der Waals surface area contributed by atoms with Crippen molar-refractivity contribution in [3.05, 3.63) is 0 Å². The Hall–Kier alpha value is -1.34. The Balaban J connectivity index is 1.90. The van der Waals surface area contributed by atoms with Crippen molar-refractivity contribution in [1.82, 2.24) is 16.0 Å². The Morgan fingerprint density at radius 1 is 1.29 bits per heavy atom. The summed E-state index contributed by atoms with van der Waals surface area (Å²) in [5.41, 5.74) is -1.09. The van der Waals surface area contributed by atoms with Crippen LogP contribution in [-0.4, -0.2) is 55.0 Å². The first-order valence-corrected chi connectivity index (χ1v) is 5.73. The van der Waals surface area contributed by atoms with Crippen molar-refractivity contribution in [2.45, 2.75) is 24.4 Å². The zero-order chi connectivity index (χ0) is 12.3. The van der Waals surface area contributed by atoms with Crippen LogP contribution in [0.15, 0.2) is 0 Å². The highest BCUT2D eigenvalue weighted by Gasteiger charge is 2.48. The first-order valence-electron chi connectivity index (χ1n) is 5.73. The Morgan fingerprint density at radius 3 is 2.41 bits per heavy atom. The molecule has 17 heavy (non-hydrogen) atoms. The molecule has 0 saturated carbocycles. The van der Waals surface area contributed by atoms with E-state index in [2.05, 4.69) is 16.0 Å². The summed E-state index contributed by atoms with van der Waals surface area (Å²) in [6.07, 6.45) is 0.541. The molecular weight excluding hydrogens is 226 g/mol. The van der Waals surface area contributed by atoms with Gasteiger partial charge in [0.05, 0.1) is 13.2 Å². The fraction of sp³-hybridized carbons (Fsp3) is 0.800. The molecule has 0 aliphatic carbocycles. The maximum absolute atomic E-state index is 12.0. The monoisotopic (exact) mass is 243 g/mol. The summed E-state index contributed by atoms with van der Waals surface area (Å²) in [5.74, 6) is -0.280. The summed E-state index contributed by atoms with van der Waals surface area (Å²) in [7, 11) is 0. The van der Waals surface area contributed by atoms with E-state index in [9.17, 15) is 9.59 Å². The number of carbonyl (C=O) groups excluding carboxylic acids is 1. The predicted octanol–water partition coefficient (Wildman–Crippen LogP) is -1.11. The van der Waals surface area contributed by atoms with Gasteiger partial charge < -0.3 is 25.8 Å². The maximum Gasteiger partial charge on any atom is 0.405 e. The van der Waals surface area contributed by atoms with Crippen molar-refractivity contribution in [2.24, 2.45) is 0 Å². The zero-order valence-corrected chi connectivity index (χ0v) is 9.49. The molecule has 0 aromatic carbocycles. The smallest absolute Gasteiger partial charge is 0.405 e. The molecule has 2 amide bonds. The van der Waals surface area contributed by atoms with Crippen LogP contribution in [0, 0.1) is 0 Å². The summed E-state index contributed by atoms with van der Waals surface area (Å²) >= 11 is 0. The molecule has 0 bridgehead atoms. The number of piperidine rings is 1. The Kier molecular flexibility index (Phi) is 3.49. The molecule has 2 rings (SSSR count). The summed E-state index contributed by atoms with van der Waals surface area (Å²) in [6, 6.07) is 0.122. The molecule has 7 heteroatoms. The van der Waals surface area contributed by atoms with Crippen LogP contribution in [0.4, 0.5) is 4.79 Å². The highest BCUT2D eigenvalue weighted by molar-refractivity contribution is 5.91. The summed E-state index contributed by atoms with van der Waals surface area (Å²) < 4.78 is 4.95. The number of hydrogen-bond acceptors (Lipinski definition) is 4. The Labute approximate surface area is 98.9 Å². The van der Waals surface area contributed by atoms with Crippen LogP contribution in [0.3, 0.4) is 0 Å². The minimum atomic E-state index is -1.20. The molecule has 0 spiro atoms. The number of rotatable bonds is 3. The van der Waals surface area contributed by atoms with Gasteiger partial charge in [-0.1, -0.05) is 0 Å². The largest absolute Gasteiger partial charge is 0.465 e. The van der Waals surface area contributed by atoms with Crippen LogP contribution < -0.4 is 16.0 Å². The lowest BCUT2D eigenvalue weighted by Crippen LogP contribution is -2.70. The standard InChI is InChI=1S/C10H17N3O4/c14-8(12-7-1-3-11-4-2-7)10(5-17-6-10)13-9(15)16/h7,11,13H,1-6H2,(H,12,14)(H,15,16). The lowest BCUT2D eigenvalue weighted by Gasteiger charge is -2.40. The highest BCUT2D eigenvalue weighted by atomic mass is 16.5. The van der Waals surface area contributed by atoms with Crippen molar-refractivity contribution in [3.63, 3.8) is 0 Å². The van der Waals surface area contributed by atoms with Crippen molar-refractivity contribution in [3.8, 4) is 0 Å². The molecule has 2 fully saturated rings. The summed E-state index contributed by atoms with van der Waals surface area (Å²) in [5, 5.41) is 17.0. The van der Waals surface area contributed by atoms with Gasteiger partial charge in [-0.15, -0.1) is 0 Å². The van der Waals surface area contributed by atoms with E-state index in [0.717, 1.165) is 25.9 Å². The molecule has 0 unspecified atom stereocenters. The molecule has 0 radical (unpaired) electrons. The third kappa shape index (κ3) is 2.67. The minimum Gasteiger partial charge on any atom is -0.465 e. The minimum absolute atomic E-state index is 0.107. The first-order chi connectivity index (χ1) is 8.12. The molecule has 0 aromatic heterocycles. The average Bonchev–Trinajstić information content (AvgIpc) is 2.24.